The SMILES string of the molecule is COc1ccc(CSCC(=O)N[C@@H](C)c2cccc(Cl)c2)cc1[N+](=O)[O-]. The Kier molecular flexibility index (Phi) is 7.29. The summed E-state index contributed by atoms with van der Waals surface area (Å²) in [6, 6.07) is 12.0. The van der Waals surface area contributed by atoms with E-state index in [0.29, 0.717) is 10.8 Å². The molecule has 0 radical (unpaired) electrons. The molecule has 138 valence electrons. The molecule has 0 aliphatic carbocycles. The van der Waals surface area contributed by atoms with E-state index in [2.05, 4.69) is 5.32 Å². The lowest BCUT2D eigenvalue weighted by molar-refractivity contribution is -0.385. The summed E-state index contributed by atoms with van der Waals surface area (Å²) in [7, 11) is 1.39. The number of methoxy groups -OCH3 is 1. The van der Waals surface area contributed by atoms with E-state index in [1.54, 1.807) is 18.2 Å². The summed E-state index contributed by atoms with van der Waals surface area (Å²) in [5.74, 6) is 0.858. The summed E-state index contributed by atoms with van der Waals surface area (Å²) in [6.07, 6.45) is 0. The van der Waals surface area contributed by atoms with Crippen molar-refractivity contribution in [2.45, 2.75) is 18.7 Å². The van der Waals surface area contributed by atoms with Crippen LogP contribution in [-0.2, 0) is 10.5 Å². The van der Waals surface area contributed by atoms with E-state index in [-0.39, 0.29) is 29.1 Å². The smallest absolute Gasteiger partial charge is 0.311 e. The number of nitrogens with one attached hydrogen (secondary N) is 1. The van der Waals surface area contributed by atoms with Crippen LogP contribution < -0.4 is 10.1 Å². The average molecular weight is 395 g/mol. The molecule has 0 spiro atoms. The minimum Gasteiger partial charge on any atom is -0.490 e. The van der Waals surface area contributed by atoms with Gasteiger partial charge in [-0.15, -0.1) is 11.8 Å². The highest BCUT2D eigenvalue weighted by Crippen LogP contribution is 2.29. The number of nitro benzene ring substituents is 1. The van der Waals surface area contributed by atoms with Gasteiger partial charge in [0.25, 0.3) is 0 Å². The maximum absolute atomic E-state index is 12.1. The molecule has 0 aromatic heterocycles. The lowest BCUT2D eigenvalue weighted by Crippen LogP contribution is -2.28. The average Bonchev–Trinajstić information content (AvgIpc) is 2.61. The van der Waals surface area contributed by atoms with Crippen LogP contribution in [-0.4, -0.2) is 23.7 Å². The predicted octanol–water partition coefficient (Wildman–Crippen LogP) is 4.37. The van der Waals surface area contributed by atoms with Crippen LogP contribution in [0.25, 0.3) is 0 Å². The monoisotopic (exact) mass is 394 g/mol. The second-order valence-electron chi connectivity index (χ2n) is 5.60. The quantitative estimate of drug-likeness (QED) is 0.531. The van der Waals surface area contributed by atoms with Gasteiger partial charge in [-0.05, 0) is 36.2 Å². The Morgan fingerprint density at radius 1 is 1.35 bits per heavy atom. The number of thioether (sulfide) groups is 1. The zero-order valence-electron chi connectivity index (χ0n) is 14.4. The highest BCUT2D eigenvalue weighted by atomic mass is 35.5. The Balaban J connectivity index is 1.86. The van der Waals surface area contributed by atoms with E-state index < -0.39 is 4.92 Å². The highest BCUT2D eigenvalue weighted by molar-refractivity contribution is 7.99. The van der Waals surface area contributed by atoms with Crippen LogP contribution in [0.2, 0.25) is 5.02 Å². The number of rotatable bonds is 8. The minimum atomic E-state index is -0.480. The molecule has 0 aliphatic rings. The number of benzene rings is 2. The Hall–Kier alpha value is -2.25. The summed E-state index contributed by atoms with van der Waals surface area (Å²) in [5, 5.41) is 14.6. The van der Waals surface area contributed by atoms with Crippen LogP contribution in [0, 0.1) is 10.1 Å². The molecule has 0 aliphatic heterocycles. The largest absolute Gasteiger partial charge is 0.490 e. The highest BCUT2D eigenvalue weighted by Gasteiger charge is 2.15. The van der Waals surface area contributed by atoms with Gasteiger partial charge in [0.15, 0.2) is 5.75 Å². The van der Waals surface area contributed by atoms with Crippen LogP contribution in [0.3, 0.4) is 0 Å². The summed E-state index contributed by atoms with van der Waals surface area (Å²) in [5.41, 5.74) is 1.62. The van der Waals surface area contributed by atoms with Crippen molar-refractivity contribution in [3.05, 3.63) is 68.7 Å². The predicted molar refractivity (Wildman–Crippen MR) is 104 cm³/mol. The Morgan fingerprint density at radius 3 is 2.77 bits per heavy atom. The first kappa shape index (κ1) is 20.1. The van der Waals surface area contributed by atoms with E-state index >= 15 is 0 Å². The van der Waals surface area contributed by atoms with Crippen LogP contribution in [0.4, 0.5) is 5.69 Å². The van der Waals surface area contributed by atoms with Crippen LogP contribution >= 0.6 is 23.4 Å². The van der Waals surface area contributed by atoms with Gasteiger partial charge in [0.2, 0.25) is 5.91 Å². The molecule has 2 aromatic rings. The first-order valence-corrected chi connectivity index (χ1v) is 9.38. The van der Waals surface area contributed by atoms with Crippen molar-refractivity contribution in [3.63, 3.8) is 0 Å². The third-order valence-electron chi connectivity index (χ3n) is 3.67. The van der Waals surface area contributed by atoms with Crippen molar-refractivity contribution >= 4 is 35.0 Å². The molecular weight excluding hydrogens is 376 g/mol. The Labute approximate surface area is 161 Å². The first-order chi connectivity index (χ1) is 12.4. The zero-order chi connectivity index (χ0) is 19.1. The molecule has 0 heterocycles. The molecular formula is C18H19ClN2O4S. The molecule has 2 aromatic carbocycles. The second kappa shape index (κ2) is 9.45. The number of nitro groups is 1. The molecule has 2 rings (SSSR count). The van der Waals surface area contributed by atoms with Crippen LogP contribution in [0.1, 0.15) is 24.1 Å². The standard InChI is InChI=1S/C18H19ClN2O4S/c1-12(14-4-3-5-15(19)9-14)20-18(22)11-26-10-13-6-7-17(25-2)16(8-13)21(23)24/h3-9,12H,10-11H2,1-2H3,(H,20,22)/t12-/m0/s1. The maximum Gasteiger partial charge on any atom is 0.311 e. The van der Waals surface area contributed by atoms with Gasteiger partial charge in [-0.25, -0.2) is 0 Å². The summed E-state index contributed by atoms with van der Waals surface area (Å²) in [6.45, 7) is 1.89. The molecule has 0 saturated carbocycles. The third kappa shape index (κ3) is 5.64. The lowest BCUT2D eigenvalue weighted by atomic mass is 10.1. The summed E-state index contributed by atoms with van der Waals surface area (Å²) >= 11 is 7.35. The number of nitrogens with zero attached hydrogens (tertiary/aromatic N) is 1. The topological polar surface area (TPSA) is 81.5 Å². The van der Waals surface area contributed by atoms with Crippen molar-refractivity contribution in [1.29, 1.82) is 0 Å². The van der Waals surface area contributed by atoms with Crippen molar-refractivity contribution in [1.82, 2.24) is 5.32 Å². The van der Waals surface area contributed by atoms with E-state index in [1.807, 2.05) is 25.1 Å². The first-order valence-electron chi connectivity index (χ1n) is 7.84. The summed E-state index contributed by atoms with van der Waals surface area (Å²) < 4.78 is 4.98. The van der Waals surface area contributed by atoms with Gasteiger partial charge in [-0.2, -0.15) is 0 Å². The van der Waals surface area contributed by atoms with Gasteiger partial charge in [0.05, 0.1) is 23.8 Å². The van der Waals surface area contributed by atoms with E-state index in [4.69, 9.17) is 16.3 Å². The van der Waals surface area contributed by atoms with Gasteiger partial charge in [-0.1, -0.05) is 29.8 Å². The van der Waals surface area contributed by atoms with Gasteiger partial charge >= 0.3 is 5.69 Å². The van der Waals surface area contributed by atoms with Gasteiger partial charge < -0.3 is 10.1 Å². The zero-order valence-corrected chi connectivity index (χ0v) is 16.0. The molecule has 8 heteroatoms. The fourth-order valence-electron chi connectivity index (χ4n) is 2.37. The van der Waals surface area contributed by atoms with Crippen molar-refractivity contribution in [3.8, 4) is 5.75 Å². The van der Waals surface area contributed by atoms with E-state index in [1.165, 1.54) is 24.9 Å². The van der Waals surface area contributed by atoms with Gasteiger partial charge in [-0.3, -0.25) is 14.9 Å². The molecule has 1 amide bonds. The molecule has 1 N–H and O–H groups in total. The fraction of sp³-hybridized carbons (Fsp3) is 0.278. The molecule has 0 saturated heterocycles. The normalized spacial score (nSPS) is 11.7. The Bertz CT molecular complexity index is 801. The fourth-order valence-corrected chi connectivity index (χ4v) is 3.36. The molecule has 1 atom stereocenters. The van der Waals surface area contributed by atoms with E-state index in [9.17, 15) is 14.9 Å². The molecule has 0 unspecified atom stereocenters. The second-order valence-corrected chi connectivity index (χ2v) is 7.02. The van der Waals surface area contributed by atoms with Crippen molar-refractivity contribution in [2.75, 3.05) is 12.9 Å². The lowest BCUT2D eigenvalue weighted by Gasteiger charge is -2.14. The van der Waals surface area contributed by atoms with Gasteiger partial charge in [0.1, 0.15) is 0 Å². The van der Waals surface area contributed by atoms with Crippen molar-refractivity contribution in [2.24, 2.45) is 0 Å². The number of hydrogen-bond donors (Lipinski definition) is 1. The minimum absolute atomic E-state index is 0.0790. The third-order valence-corrected chi connectivity index (χ3v) is 4.91. The van der Waals surface area contributed by atoms with E-state index in [0.717, 1.165) is 11.1 Å². The number of halogens is 1. The molecule has 6 nitrogen and oxygen atoms in total. The number of ether oxygens (including phenoxy) is 1. The molecule has 0 fully saturated rings. The van der Waals surface area contributed by atoms with Crippen molar-refractivity contribution < 1.29 is 14.5 Å². The Morgan fingerprint density at radius 2 is 2.12 bits per heavy atom. The van der Waals surface area contributed by atoms with Crippen LogP contribution in [0.15, 0.2) is 42.5 Å². The van der Waals surface area contributed by atoms with Gasteiger partial charge in [0, 0.05) is 16.8 Å². The molecule has 26 heavy (non-hydrogen) atoms. The molecule has 0 bridgehead atoms. The number of carbonyl (C=O) groups excluding carboxylic acids is 1. The summed E-state index contributed by atoms with van der Waals surface area (Å²) in [4.78, 5) is 22.6. The van der Waals surface area contributed by atoms with Crippen LogP contribution in [0.5, 0.6) is 5.75 Å². The number of carbonyl (C=O) groups is 1. The number of hydrogen-bond acceptors (Lipinski definition) is 5. The number of amides is 1. The maximum atomic E-state index is 12.1.